The predicted molar refractivity (Wildman–Crippen MR) is 109 cm³/mol. The van der Waals surface area contributed by atoms with Crippen molar-refractivity contribution in [3.8, 4) is 0 Å². The number of nitrogens with zero attached hydrogens (tertiary/aromatic N) is 1. The molecular weight excluding hydrogens is 360 g/mol. The van der Waals surface area contributed by atoms with Crippen LogP contribution in [0.4, 0.5) is 0 Å². The van der Waals surface area contributed by atoms with Crippen LogP contribution in [0.2, 0.25) is 0 Å². The number of hydrogen-bond donors (Lipinski definition) is 1. The molecule has 1 aromatic carbocycles. The third-order valence-electron chi connectivity index (χ3n) is 4.32. The topological polar surface area (TPSA) is 66.5 Å². The fraction of sp³-hybridized carbons (Fsp3) is 0.476. The minimum atomic E-state index is -0.515. The van der Waals surface area contributed by atoms with Gasteiger partial charge in [-0.15, -0.1) is 0 Å². The molecule has 27 heavy (non-hydrogen) atoms. The van der Waals surface area contributed by atoms with Crippen LogP contribution in [0.3, 0.4) is 0 Å². The van der Waals surface area contributed by atoms with Gasteiger partial charge >= 0.3 is 0 Å². The molecule has 1 fully saturated rings. The van der Waals surface area contributed by atoms with Crippen molar-refractivity contribution in [1.82, 2.24) is 10.2 Å². The van der Waals surface area contributed by atoms with Gasteiger partial charge in [0.05, 0.1) is 10.8 Å². The molecule has 1 aliphatic rings. The van der Waals surface area contributed by atoms with E-state index in [4.69, 9.17) is 0 Å². The Morgan fingerprint density at radius 3 is 2.56 bits per heavy atom. The molecule has 1 saturated heterocycles. The first-order valence-corrected chi connectivity index (χ1v) is 10.2. The normalized spacial score (nSPS) is 17.3. The van der Waals surface area contributed by atoms with Crippen LogP contribution in [0.25, 0.3) is 0 Å². The summed E-state index contributed by atoms with van der Waals surface area (Å²) < 4.78 is 0. The SMILES string of the molecule is CC(CCc1ccccc1)NC(=O)CN1C(=O)CS/C1=C\C(=O)C(C)(C)C. The highest BCUT2D eigenvalue weighted by Gasteiger charge is 2.31. The molecule has 0 radical (unpaired) electrons. The summed E-state index contributed by atoms with van der Waals surface area (Å²) in [5.41, 5.74) is 0.717. The van der Waals surface area contributed by atoms with Crippen LogP contribution >= 0.6 is 11.8 Å². The minimum absolute atomic E-state index is 0.00620. The first kappa shape index (κ1) is 21.2. The monoisotopic (exact) mass is 388 g/mol. The van der Waals surface area contributed by atoms with Gasteiger partial charge in [0.15, 0.2) is 5.78 Å². The van der Waals surface area contributed by atoms with Crippen LogP contribution in [0.5, 0.6) is 0 Å². The zero-order valence-electron chi connectivity index (χ0n) is 16.5. The Hall–Kier alpha value is -2.08. The number of benzene rings is 1. The maximum absolute atomic E-state index is 12.4. The van der Waals surface area contributed by atoms with Crippen LogP contribution in [-0.2, 0) is 20.8 Å². The highest BCUT2D eigenvalue weighted by atomic mass is 32.2. The standard InChI is InChI=1S/C21H28N2O3S/c1-15(10-11-16-8-6-5-7-9-16)22-18(25)13-23-19(26)14-27-20(23)12-17(24)21(2,3)4/h5-9,12,15H,10-11,13-14H2,1-4H3,(H,22,25)/b20-12-. The third kappa shape index (κ3) is 6.54. The van der Waals surface area contributed by atoms with Crippen molar-refractivity contribution in [1.29, 1.82) is 0 Å². The Morgan fingerprint density at radius 2 is 1.93 bits per heavy atom. The first-order chi connectivity index (χ1) is 12.7. The Balaban J connectivity index is 1.89. The van der Waals surface area contributed by atoms with Crippen LogP contribution in [0.1, 0.15) is 39.7 Å². The Morgan fingerprint density at radius 1 is 1.26 bits per heavy atom. The second-order valence-corrected chi connectivity index (χ2v) is 8.85. The summed E-state index contributed by atoms with van der Waals surface area (Å²) in [6.45, 7) is 7.41. The average molecular weight is 389 g/mol. The summed E-state index contributed by atoms with van der Waals surface area (Å²) in [6, 6.07) is 10.1. The zero-order valence-corrected chi connectivity index (χ0v) is 17.3. The molecule has 1 heterocycles. The maximum atomic E-state index is 12.4. The van der Waals surface area contributed by atoms with E-state index in [0.717, 1.165) is 12.8 Å². The van der Waals surface area contributed by atoms with Gasteiger partial charge in [-0.1, -0.05) is 62.9 Å². The molecule has 2 rings (SSSR count). The molecule has 0 aliphatic carbocycles. The van der Waals surface area contributed by atoms with E-state index in [2.05, 4.69) is 17.4 Å². The van der Waals surface area contributed by atoms with E-state index >= 15 is 0 Å². The lowest BCUT2D eigenvalue weighted by Gasteiger charge is -2.20. The molecule has 1 aromatic rings. The van der Waals surface area contributed by atoms with Gasteiger partial charge < -0.3 is 5.32 Å². The second-order valence-electron chi connectivity index (χ2n) is 7.86. The average Bonchev–Trinajstić information content (AvgIpc) is 2.93. The summed E-state index contributed by atoms with van der Waals surface area (Å²) in [5.74, 6) is -0.137. The molecule has 1 N–H and O–H groups in total. The van der Waals surface area contributed by atoms with Gasteiger partial charge in [0.1, 0.15) is 6.54 Å². The van der Waals surface area contributed by atoms with E-state index in [1.807, 2.05) is 45.9 Å². The van der Waals surface area contributed by atoms with E-state index in [1.54, 1.807) is 0 Å². The van der Waals surface area contributed by atoms with Gasteiger partial charge in [0.25, 0.3) is 0 Å². The largest absolute Gasteiger partial charge is 0.352 e. The summed E-state index contributed by atoms with van der Waals surface area (Å²) >= 11 is 1.31. The number of hydrogen-bond acceptors (Lipinski definition) is 4. The van der Waals surface area contributed by atoms with E-state index in [1.165, 1.54) is 28.3 Å². The van der Waals surface area contributed by atoms with Gasteiger partial charge in [-0.25, -0.2) is 0 Å². The summed E-state index contributed by atoms with van der Waals surface area (Å²) in [5, 5.41) is 3.51. The Kier molecular flexibility index (Phi) is 7.25. The number of carbonyl (C=O) groups excluding carboxylic acids is 3. The lowest BCUT2D eigenvalue weighted by atomic mass is 9.91. The smallest absolute Gasteiger partial charge is 0.240 e. The number of rotatable bonds is 7. The van der Waals surface area contributed by atoms with Gasteiger partial charge in [-0.05, 0) is 25.3 Å². The molecule has 0 aromatic heterocycles. The number of nitrogens with one attached hydrogen (secondary N) is 1. The molecule has 2 amide bonds. The van der Waals surface area contributed by atoms with Crippen molar-refractivity contribution in [3.63, 3.8) is 0 Å². The third-order valence-corrected chi connectivity index (χ3v) is 5.35. The number of amides is 2. The molecule has 0 spiro atoms. The van der Waals surface area contributed by atoms with Crippen molar-refractivity contribution >= 4 is 29.4 Å². The van der Waals surface area contributed by atoms with Crippen molar-refractivity contribution in [2.24, 2.45) is 5.41 Å². The Labute approximate surface area is 165 Å². The molecular formula is C21H28N2O3S. The van der Waals surface area contributed by atoms with Crippen LogP contribution in [0.15, 0.2) is 41.4 Å². The van der Waals surface area contributed by atoms with E-state index in [-0.39, 0.29) is 35.9 Å². The number of thioether (sulfide) groups is 1. The Bertz CT molecular complexity index is 723. The first-order valence-electron chi connectivity index (χ1n) is 9.19. The van der Waals surface area contributed by atoms with Crippen LogP contribution in [-0.4, -0.2) is 40.8 Å². The molecule has 1 aliphatic heterocycles. The summed E-state index contributed by atoms with van der Waals surface area (Å²) in [7, 11) is 0. The van der Waals surface area contributed by atoms with Crippen molar-refractivity contribution in [3.05, 3.63) is 47.0 Å². The highest BCUT2D eigenvalue weighted by molar-refractivity contribution is 8.04. The molecule has 0 bridgehead atoms. The van der Waals surface area contributed by atoms with Gasteiger partial charge in [0, 0.05) is 17.5 Å². The van der Waals surface area contributed by atoms with Gasteiger partial charge in [-0.3, -0.25) is 19.3 Å². The molecule has 146 valence electrons. The van der Waals surface area contributed by atoms with E-state index < -0.39 is 5.41 Å². The minimum Gasteiger partial charge on any atom is -0.352 e. The fourth-order valence-electron chi connectivity index (χ4n) is 2.59. The van der Waals surface area contributed by atoms with Crippen molar-refractivity contribution in [2.45, 2.75) is 46.6 Å². The molecule has 1 unspecified atom stereocenters. The molecule has 0 saturated carbocycles. The summed E-state index contributed by atoms with van der Waals surface area (Å²) in [4.78, 5) is 38.1. The highest BCUT2D eigenvalue weighted by Crippen LogP contribution is 2.30. The van der Waals surface area contributed by atoms with Crippen LogP contribution < -0.4 is 5.32 Å². The van der Waals surface area contributed by atoms with E-state index in [0.29, 0.717) is 5.03 Å². The fourth-order valence-corrected chi connectivity index (χ4v) is 3.53. The number of ketones is 1. The maximum Gasteiger partial charge on any atom is 0.240 e. The van der Waals surface area contributed by atoms with Crippen molar-refractivity contribution in [2.75, 3.05) is 12.3 Å². The van der Waals surface area contributed by atoms with Crippen molar-refractivity contribution < 1.29 is 14.4 Å². The second kappa shape index (κ2) is 9.22. The molecule has 1 atom stereocenters. The number of aryl methyl sites for hydroxylation is 1. The van der Waals surface area contributed by atoms with Gasteiger partial charge in [-0.2, -0.15) is 0 Å². The number of carbonyl (C=O) groups is 3. The molecule has 5 nitrogen and oxygen atoms in total. The quantitative estimate of drug-likeness (QED) is 0.729. The summed E-state index contributed by atoms with van der Waals surface area (Å²) in [6.07, 6.45) is 3.19. The van der Waals surface area contributed by atoms with Gasteiger partial charge in [0.2, 0.25) is 11.8 Å². The zero-order chi connectivity index (χ0) is 20.0. The van der Waals surface area contributed by atoms with Crippen LogP contribution in [0, 0.1) is 5.41 Å². The molecule has 6 heteroatoms. The number of allylic oxidation sites excluding steroid dienone is 1. The predicted octanol–water partition coefficient (Wildman–Crippen LogP) is 3.16. The lowest BCUT2D eigenvalue weighted by Crippen LogP contribution is -2.41. The lowest BCUT2D eigenvalue weighted by molar-refractivity contribution is -0.131. The van der Waals surface area contributed by atoms with E-state index in [9.17, 15) is 14.4 Å².